The van der Waals surface area contributed by atoms with Crippen LogP contribution in [0.15, 0.2) is 63.0 Å². The largest absolute Gasteiger partial charge is 0.276 e. The lowest BCUT2D eigenvalue weighted by molar-refractivity contribution is -0.384. The van der Waals surface area contributed by atoms with E-state index >= 15 is 0 Å². The Kier molecular flexibility index (Phi) is 5.12. The summed E-state index contributed by atoms with van der Waals surface area (Å²) in [7, 11) is -3.80. The van der Waals surface area contributed by atoms with E-state index in [0.717, 1.165) is 4.47 Å². The van der Waals surface area contributed by atoms with Crippen LogP contribution in [0.5, 0.6) is 0 Å². The van der Waals surface area contributed by atoms with Crippen LogP contribution in [0, 0.1) is 10.1 Å². The molecule has 0 radical (unpaired) electrons. The Morgan fingerprint density at radius 3 is 2.48 bits per heavy atom. The lowest BCUT2D eigenvalue weighted by Gasteiger charge is -2.05. The molecule has 0 saturated heterocycles. The number of nitrogens with one attached hydrogen (secondary N) is 1. The Morgan fingerprint density at radius 1 is 1.22 bits per heavy atom. The van der Waals surface area contributed by atoms with Crippen LogP contribution in [-0.2, 0) is 10.0 Å². The highest BCUT2D eigenvalue weighted by Gasteiger charge is 2.13. The quantitative estimate of drug-likeness (QED) is 0.475. The van der Waals surface area contributed by atoms with E-state index in [2.05, 4.69) is 25.9 Å². The van der Waals surface area contributed by atoms with Crippen LogP contribution in [-0.4, -0.2) is 19.1 Å². The molecule has 2 aromatic rings. The number of rotatable bonds is 5. The number of halogens is 1. The number of hydrogen-bond acceptors (Lipinski definition) is 5. The van der Waals surface area contributed by atoms with Gasteiger partial charge in [-0.1, -0.05) is 28.1 Å². The first-order valence-corrected chi connectivity index (χ1v) is 8.64. The van der Waals surface area contributed by atoms with Crippen molar-refractivity contribution in [2.45, 2.75) is 11.8 Å². The zero-order chi connectivity index (χ0) is 17.0. The molecule has 0 aromatic heterocycles. The minimum Gasteiger partial charge on any atom is -0.258 e. The smallest absolute Gasteiger partial charge is 0.258 e. The summed E-state index contributed by atoms with van der Waals surface area (Å²) in [4.78, 5) is 12.4. The van der Waals surface area contributed by atoms with Crippen LogP contribution < -0.4 is 4.83 Å². The minimum atomic E-state index is -3.80. The maximum Gasteiger partial charge on any atom is 0.276 e. The van der Waals surface area contributed by atoms with Gasteiger partial charge in [0.25, 0.3) is 15.7 Å². The SMILES string of the molecule is C/C(=N/NS(=O)(=O)c1ccc(Br)cc1)c1cccc([N+](=O)[O-])c1. The lowest BCUT2D eigenvalue weighted by atomic mass is 10.1. The van der Waals surface area contributed by atoms with E-state index in [1.165, 1.54) is 30.3 Å². The molecule has 0 fully saturated rings. The van der Waals surface area contributed by atoms with E-state index in [-0.39, 0.29) is 10.6 Å². The third-order valence-electron chi connectivity index (χ3n) is 2.93. The maximum atomic E-state index is 12.1. The van der Waals surface area contributed by atoms with Crippen LogP contribution in [0.4, 0.5) is 5.69 Å². The molecule has 1 N–H and O–H groups in total. The molecule has 0 bridgehead atoms. The van der Waals surface area contributed by atoms with Gasteiger partial charge in [-0.05, 0) is 31.2 Å². The lowest BCUT2D eigenvalue weighted by Crippen LogP contribution is -2.19. The average Bonchev–Trinajstić information content (AvgIpc) is 2.53. The van der Waals surface area contributed by atoms with Gasteiger partial charge in [0.15, 0.2) is 0 Å². The van der Waals surface area contributed by atoms with Crippen LogP contribution in [0.1, 0.15) is 12.5 Å². The van der Waals surface area contributed by atoms with Gasteiger partial charge in [0.05, 0.1) is 15.5 Å². The fourth-order valence-electron chi connectivity index (χ4n) is 1.70. The zero-order valence-electron chi connectivity index (χ0n) is 11.9. The Balaban J connectivity index is 2.23. The van der Waals surface area contributed by atoms with Crippen molar-refractivity contribution in [1.82, 2.24) is 4.83 Å². The van der Waals surface area contributed by atoms with Crippen molar-refractivity contribution in [2.75, 3.05) is 0 Å². The molecule has 0 aliphatic rings. The highest BCUT2D eigenvalue weighted by Crippen LogP contribution is 2.16. The molecule has 0 unspecified atom stereocenters. The standard InChI is InChI=1S/C14H12BrN3O4S/c1-10(11-3-2-4-13(9-11)18(19)20)16-17-23(21,22)14-7-5-12(15)6-8-14/h2-9,17H,1H3/b16-10-. The Morgan fingerprint density at radius 2 is 1.87 bits per heavy atom. The van der Waals surface area contributed by atoms with Crippen LogP contribution in [0.2, 0.25) is 0 Å². The molecule has 0 amide bonds. The second kappa shape index (κ2) is 6.88. The molecule has 120 valence electrons. The van der Waals surface area contributed by atoms with E-state index in [0.29, 0.717) is 11.3 Å². The molecular formula is C14H12BrN3O4S. The first kappa shape index (κ1) is 17.1. The molecule has 0 spiro atoms. The molecule has 9 heteroatoms. The molecule has 2 rings (SSSR count). The molecule has 0 atom stereocenters. The highest BCUT2D eigenvalue weighted by atomic mass is 79.9. The summed E-state index contributed by atoms with van der Waals surface area (Å²) < 4.78 is 25.0. The Hall–Kier alpha value is -2.26. The van der Waals surface area contributed by atoms with Gasteiger partial charge in [-0.15, -0.1) is 0 Å². The first-order valence-electron chi connectivity index (χ1n) is 6.36. The number of benzene rings is 2. The van der Waals surface area contributed by atoms with Crippen molar-refractivity contribution in [3.8, 4) is 0 Å². The van der Waals surface area contributed by atoms with Gasteiger partial charge < -0.3 is 0 Å². The van der Waals surface area contributed by atoms with Gasteiger partial charge >= 0.3 is 0 Å². The van der Waals surface area contributed by atoms with Gasteiger partial charge in [-0.2, -0.15) is 18.4 Å². The topological polar surface area (TPSA) is 102 Å². The summed E-state index contributed by atoms with van der Waals surface area (Å²) in [5, 5.41) is 14.6. The molecule has 0 aliphatic heterocycles. The molecule has 23 heavy (non-hydrogen) atoms. The highest BCUT2D eigenvalue weighted by molar-refractivity contribution is 9.10. The monoisotopic (exact) mass is 397 g/mol. The van der Waals surface area contributed by atoms with Gasteiger partial charge in [0.2, 0.25) is 0 Å². The molecular weight excluding hydrogens is 386 g/mol. The molecule has 2 aromatic carbocycles. The zero-order valence-corrected chi connectivity index (χ0v) is 14.3. The third-order valence-corrected chi connectivity index (χ3v) is 4.69. The van der Waals surface area contributed by atoms with Crippen LogP contribution in [0.25, 0.3) is 0 Å². The summed E-state index contributed by atoms with van der Waals surface area (Å²) in [5.41, 5.74) is 0.680. The Bertz CT molecular complexity index is 864. The van der Waals surface area contributed by atoms with E-state index < -0.39 is 14.9 Å². The second-order valence-electron chi connectivity index (χ2n) is 4.55. The summed E-state index contributed by atoms with van der Waals surface area (Å²) in [6, 6.07) is 11.9. The van der Waals surface area contributed by atoms with Crippen molar-refractivity contribution in [1.29, 1.82) is 0 Å². The van der Waals surface area contributed by atoms with Crippen molar-refractivity contribution < 1.29 is 13.3 Å². The normalized spacial score (nSPS) is 12.0. The van der Waals surface area contributed by atoms with Crippen molar-refractivity contribution >= 4 is 37.4 Å². The van der Waals surface area contributed by atoms with Crippen LogP contribution in [0.3, 0.4) is 0 Å². The minimum absolute atomic E-state index is 0.0660. The van der Waals surface area contributed by atoms with Gasteiger partial charge in [0, 0.05) is 22.2 Å². The average molecular weight is 398 g/mol. The van der Waals surface area contributed by atoms with Crippen molar-refractivity contribution in [2.24, 2.45) is 5.10 Å². The van der Waals surface area contributed by atoms with E-state index in [1.807, 2.05) is 0 Å². The van der Waals surface area contributed by atoms with E-state index in [1.54, 1.807) is 25.1 Å². The van der Waals surface area contributed by atoms with E-state index in [4.69, 9.17) is 0 Å². The summed E-state index contributed by atoms with van der Waals surface area (Å²) in [6.45, 7) is 1.56. The van der Waals surface area contributed by atoms with Crippen molar-refractivity contribution in [3.63, 3.8) is 0 Å². The Labute approximate surface area is 141 Å². The number of hydrogen-bond donors (Lipinski definition) is 1. The first-order chi connectivity index (χ1) is 10.8. The fraction of sp³-hybridized carbons (Fsp3) is 0.0714. The third kappa shape index (κ3) is 4.36. The summed E-state index contributed by atoms with van der Waals surface area (Å²) in [6.07, 6.45) is 0. The van der Waals surface area contributed by atoms with Gasteiger partial charge in [-0.25, -0.2) is 0 Å². The van der Waals surface area contributed by atoms with E-state index in [9.17, 15) is 18.5 Å². The number of hydrazone groups is 1. The predicted octanol–water partition coefficient (Wildman–Crippen LogP) is 3.06. The number of non-ortho nitro benzene ring substituents is 1. The number of nitrogens with zero attached hydrogens (tertiary/aromatic N) is 2. The predicted molar refractivity (Wildman–Crippen MR) is 89.8 cm³/mol. The maximum absolute atomic E-state index is 12.1. The molecule has 7 nitrogen and oxygen atoms in total. The summed E-state index contributed by atoms with van der Waals surface area (Å²) in [5.74, 6) is 0. The summed E-state index contributed by atoms with van der Waals surface area (Å²) >= 11 is 3.23. The van der Waals surface area contributed by atoms with Gasteiger partial charge in [-0.3, -0.25) is 10.1 Å². The number of sulfonamides is 1. The number of nitro benzene ring substituents is 1. The molecule has 0 heterocycles. The van der Waals surface area contributed by atoms with Crippen LogP contribution >= 0.6 is 15.9 Å². The van der Waals surface area contributed by atoms with Crippen molar-refractivity contribution in [3.05, 3.63) is 68.7 Å². The second-order valence-corrected chi connectivity index (χ2v) is 7.13. The number of nitro groups is 1. The molecule has 0 saturated carbocycles. The molecule has 0 aliphatic carbocycles. The fourth-order valence-corrected chi connectivity index (χ4v) is 2.83. The van der Waals surface area contributed by atoms with Gasteiger partial charge in [0.1, 0.15) is 0 Å².